The van der Waals surface area contributed by atoms with E-state index >= 15 is 0 Å². The molecule has 0 unspecified atom stereocenters. The molecular formula is C20H20N4O5S. The molecule has 1 aromatic heterocycles. The summed E-state index contributed by atoms with van der Waals surface area (Å²) < 4.78 is 37.7. The molecule has 0 bridgehead atoms. The topological polar surface area (TPSA) is 120 Å². The third-order valence-electron chi connectivity index (χ3n) is 4.06. The molecule has 3 rings (SSSR count). The summed E-state index contributed by atoms with van der Waals surface area (Å²) in [6.45, 7) is 1.73. The molecule has 0 radical (unpaired) electrons. The molecule has 0 saturated heterocycles. The highest BCUT2D eigenvalue weighted by Crippen LogP contribution is 2.23. The first-order valence-corrected chi connectivity index (χ1v) is 10.3. The molecule has 1 amide bonds. The van der Waals surface area contributed by atoms with Crippen molar-refractivity contribution in [3.63, 3.8) is 0 Å². The van der Waals surface area contributed by atoms with Crippen LogP contribution in [-0.4, -0.2) is 38.5 Å². The normalized spacial score (nSPS) is 10.9. The molecule has 0 fully saturated rings. The van der Waals surface area contributed by atoms with E-state index in [1.807, 2.05) is 0 Å². The number of hydrogen-bond acceptors (Lipinski definition) is 7. The van der Waals surface area contributed by atoms with Crippen LogP contribution in [0, 0.1) is 6.92 Å². The van der Waals surface area contributed by atoms with Gasteiger partial charge in [-0.3, -0.25) is 4.79 Å². The molecule has 3 aromatic rings. The minimum Gasteiger partial charge on any atom is -0.497 e. The average molecular weight is 428 g/mol. The van der Waals surface area contributed by atoms with Crippen LogP contribution in [-0.2, 0) is 10.0 Å². The van der Waals surface area contributed by atoms with Gasteiger partial charge in [-0.05, 0) is 49.4 Å². The van der Waals surface area contributed by atoms with Crippen LogP contribution in [0.5, 0.6) is 11.5 Å². The number of nitrogens with zero attached hydrogens (tertiary/aromatic N) is 2. The van der Waals surface area contributed by atoms with Crippen molar-refractivity contribution in [3.8, 4) is 11.5 Å². The van der Waals surface area contributed by atoms with Gasteiger partial charge in [0.1, 0.15) is 11.5 Å². The Morgan fingerprint density at radius 1 is 0.967 bits per heavy atom. The lowest BCUT2D eigenvalue weighted by molar-refractivity contribution is 0.102. The standard InChI is InChI=1S/C20H20N4O5S/c1-13-8-9-21-20(22-13)24-30(26,27)18-6-4-15(5-7-18)23-19(25)14-10-16(28-2)12-17(11-14)29-3/h4-12H,1-3H3,(H,23,25)(H,21,22,24). The highest BCUT2D eigenvalue weighted by molar-refractivity contribution is 7.92. The molecule has 1 heterocycles. The molecule has 9 nitrogen and oxygen atoms in total. The number of nitrogens with one attached hydrogen (secondary N) is 2. The Morgan fingerprint density at radius 3 is 2.17 bits per heavy atom. The summed E-state index contributed by atoms with van der Waals surface area (Å²) in [5.41, 5.74) is 1.39. The van der Waals surface area contributed by atoms with Crippen LogP contribution in [0.25, 0.3) is 0 Å². The van der Waals surface area contributed by atoms with Crippen molar-refractivity contribution < 1.29 is 22.7 Å². The Balaban J connectivity index is 1.75. The lowest BCUT2D eigenvalue weighted by Gasteiger charge is -2.10. The maximum Gasteiger partial charge on any atom is 0.264 e. The fourth-order valence-corrected chi connectivity index (χ4v) is 3.49. The first-order chi connectivity index (χ1) is 14.3. The Labute approximate surface area is 174 Å². The molecule has 10 heteroatoms. The van der Waals surface area contributed by atoms with Gasteiger partial charge in [-0.2, -0.15) is 0 Å². The predicted octanol–water partition coefficient (Wildman–Crippen LogP) is 2.86. The van der Waals surface area contributed by atoms with Gasteiger partial charge in [-0.25, -0.2) is 23.1 Å². The van der Waals surface area contributed by atoms with Gasteiger partial charge in [0, 0.05) is 29.2 Å². The minimum absolute atomic E-state index is 0.00801. The number of ether oxygens (including phenoxy) is 2. The van der Waals surface area contributed by atoms with Crippen LogP contribution in [0.15, 0.2) is 59.6 Å². The number of aryl methyl sites for hydroxylation is 1. The van der Waals surface area contributed by atoms with Crippen molar-refractivity contribution in [1.29, 1.82) is 0 Å². The van der Waals surface area contributed by atoms with Crippen molar-refractivity contribution in [2.24, 2.45) is 0 Å². The van der Waals surface area contributed by atoms with Crippen LogP contribution < -0.4 is 19.5 Å². The van der Waals surface area contributed by atoms with Gasteiger partial charge in [-0.1, -0.05) is 0 Å². The van der Waals surface area contributed by atoms with E-state index < -0.39 is 15.9 Å². The molecule has 30 heavy (non-hydrogen) atoms. The third kappa shape index (κ3) is 5.03. The number of anilines is 2. The van der Waals surface area contributed by atoms with Crippen molar-refractivity contribution >= 4 is 27.6 Å². The van der Waals surface area contributed by atoms with E-state index in [9.17, 15) is 13.2 Å². The summed E-state index contributed by atoms with van der Waals surface area (Å²) in [5, 5.41) is 2.71. The SMILES string of the molecule is COc1cc(OC)cc(C(=O)Nc2ccc(S(=O)(=O)Nc3nccc(C)n3)cc2)c1. The van der Waals surface area contributed by atoms with Gasteiger partial charge < -0.3 is 14.8 Å². The molecule has 0 aliphatic heterocycles. The van der Waals surface area contributed by atoms with E-state index in [-0.39, 0.29) is 10.8 Å². The van der Waals surface area contributed by atoms with Crippen LogP contribution in [0.3, 0.4) is 0 Å². The van der Waals surface area contributed by atoms with E-state index in [0.29, 0.717) is 28.4 Å². The number of amides is 1. The lowest BCUT2D eigenvalue weighted by atomic mass is 10.2. The minimum atomic E-state index is -3.87. The van der Waals surface area contributed by atoms with Gasteiger partial charge >= 0.3 is 0 Å². The predicted molar refractivity (Wildman–Crippen MR) is 112 cm³/mol. The number of sulfonamides is 1. The maximum absolute atomic E-state index is 12.5. The molecular weight excluding hydrogens is 408 g/mol. The van der Waals surface area contributed by atoms with Gasteiger partial charge in [0.2, 0.25) is 5.95 Å². The van der Waals surface area contributed by atoms with E-state index in [0.717, 1.165) is 0 Å². The number of hydrogen-bond donors (Lipinski definition) is 2. The van der Waals surface area contributed by atoms with Crippen LogP contribution in [0.1, 0.15) is 16.1 Å². The number of carbonyl (C=O) groups is 1. The van der Waals surface area contributed by atoms with E-state index in [4.69, 9.17) is 9.47 Å². The highest BCUT2D eigenvalue weighted by atomic mass is 32.2. The Kier molecular flexibility index (Phi) is 6.17. The zero-order valence-corrected chi connectivity index (χ0v) is 17.4. The van der Waals surface area contributed by atoms with E-state index in [1.54, 1.807) is 31.2 Å². The number of benzene rings is 2. The van der Waals surface area contributed by atoms with Crippen molar-refractivity contribution in [2.45, 2.75) is 11.8 Å². The van der Waals surface area contributed by atoms with Crippen molar-refractivity contribution in [1.82, 2.24) is 9.97 Å². The summed E-state index contributed by atoms with van der Waals surface area (Å²) >= 11 is 0. The first-order valence-electron chi connectivity index (χ1n) is 8.77. The molecule has 2 aromatic carbocycles. The Morgan fingerprint density at radius 2 is 1.60 bits per heavy atom. The number of carbonyl (C=O) groups excluding carboxylic acids is 1. The van der Waals surface area contributed by atoms with Crippen LogP contribution in [0.4, 0.5) is 11.6 Å². The van der Waals surface area contributed by atoms with Gasteiger partial charge in [0.05, 0.1) is 19.1 Å². The molecule has 0 aliphatic rings. The van der Waals surface area contributed by atoms with Gasteiger partial charge in [-0.15, -0.1) is 0 Å². The number of aromatic nitrogens is 2. The number of rotatable bonds is 7. The smallest absolute Gasteiger partial charge is 0.264 e. The summed E-state index contributed by atoms with van der Waals surface area (Å²) in [5.74, 6) is 0.546. The monoisotopic (exact) mass is 428 g/mol. The molecule has 2 N–H and O–H groups in total. The molecule has 0 aliphatic carbocycles. The molecule has 0 atom stereocenters. The first kappa shape index (κ1) is 21.1. The summed E-state index contributed by atoms with van der Waals surface area (Å²) in [6, 6.07) is 12.2. The van der Waals surface area contributed by atoms with Crippen LogP contribution in [0.2, 0.25) is 0 Å². The molecule has 0 saturated carbocycles. The second kappa shape index (κ2) is 8.78. The lowest BCUT2D eigenvalue weighted by Crippen LogP contribution is -2.16. The quantitative estimate of drug-likeness (QED) is 0.594. The van der Waals surface area contributed by atoms with Gasteiger partial charge in [0.25, 0.3) is 15.9 Å². The fraction of sp³-hybridized carbons (Fsp3) is 0.150. The largest absolute Gasteiger partial charge is 0.497 e. The summed E-state index contributed by atoms with van der Waals surface area (Å²) in [6.07, 6.45) is 1.46. The Hall–Kier alpha value is -3.66. The molecule has 0 spiro atoms. The van der Waals surface area contributed by atoms with Gasteiger partial charge in [0.15, 0.2) is 0 Å². The zero-order valence-electron chi connectivity index (χ0n) is 16.5. The molecule has 156 valence electrons. The zero-order chi connectivity index (χ0) is 21.7. The second-order valence-corrected chi connectivity index (χ2v) is 7.89. The highest BCUT2D eigenvalue weighted by Gasteiger charge is 2.16. The van der Waals surface area contributed by atoms with E-state index in [1.165, 1.54) is 44.7 Å². The summed E-state index contributed by atoms with van der Waals surface area (Å²) in [7, 11) is -0.883. The van der Waals surface area contributed by atoms with Crippen molar-refractivity contribution in [3.05, 3.63) is 66.0 Å². The Bertz CT molecular complexity index is 1140. The third-order valence-corrected chi connectivity index (χ3v) is 5.40. The van der Waals surface area contributed by atoms with Crippen LogP contribution >= 0.6 is 0 Å². The number of methoxy groups -OCH3 is 2. The van der Waals surface area contributed by atoms with E-state index in [2.05, 4.69) is 20.0 Å². The summed E-state index contributed by atoms with van der Waals surface area (Å²) in [4.78, 5) is 20.5. The average Bonchev–Trinajstić information content (AvgIpc) is 2.73. The fourth-order valence-electron chi connectivity index (χ4n) is 2.54. The maximum atomic E-state index is 12.5. The second-order valence-electron chi connectivity index (χ2n) is 6.21. The van der Waals surface area contributed by atoms with Crippen molar-refractivity contribution in [2.75, 3.05) is 24.3 Å².